The Morgan fingerprint density at radius 1 is 1.27 bits per heavy atom. The number of hydrogen-bond donors (Lipinski definition) is 2. The number of likely N-dealkylation sites (tertiary alicyclic amines) is 1. The molecule has 0 radical (unpaired) electrons. The van der Waals surface area contributed by atoms with Crippen LogP contribution in [0.4, 0.5) is 13.2 Å². The lowest BCUT2D eigenvalue weighted by Crippen LogP contribution is -2.79. The van der Waals surface area contributed by atoms with Gasteiger partial charge in [-0.2, -0.15) is 5.10 Å². The first-order chi connectivity index (χ1) is 17.4. The molecule has 2 amide bonds. The molecule has 2 N–H and O–H groups in total. The fraction of sp³-hybridized carbons (Fsp3) is 0.542. The normalized spacial score (nSPS) is 32.1. The van der Waals surface area contributed by atoms with Gasteiger partial charge in [-0.25, -0.2) is 0 Å². The van der Waals surface area contributed by atoms with Crippen LogP contribution in [-0.2, 0) is 15.1 Å². The number of carbonyl (C=O) groups excluding carboxylic acids is 2. The Kier molecular flexibility index (Phi) is 5.52. The van der Waals surface area contributed by atoms with Crippen molar-refractivity contribution < 1.29 is 37.3 Å². The fourth-order valence-electron chi connectivity index (χ4n) is 6.10. The Morgan fingerprint density at radius 3 is 2.76 bits per heavy atom. The Balaban J connectivity index is 1.04. The number of ether oxygens (including phenoxy) is 2. The van der Waals surface area contributed by atoms with Crippen molar-refractivity contribution in [2.24, 2.45) is 0 Å². The van der Waals surface area contributed by atoms with Gasteiger partial charge in [0.25, 0.3) is 11.8 Å². The van der Waals surface area contributed by atoms with E-state index in [0.29, 0.717) is 41.2 Å². The molecule has 37 heavy (non-hydrogen) atoms. The molecule has 3 aliphatic carbocycles. The zero-order valence-corrected chi connectivity index (χ0v) is 20.3. The van der Waals surface area contributed by atoms with Crippen LogP contribution >= 0.6 is 11.6 Å². The topological polar surface area (TPSA) is 106 Å². The van der Waals surface area contributed by atoms with E-state index in [0.717, 1.165) is 0 Å². The average molecular weight is 541 g/mol. The van der Waals surface area contributed by atoms with E-state index in [1.807, 2.05) is 0 Å². The Morgan fingerprint density at radius 2 is 2.03 bits per heavy atom. The molecule has 3 atom stereocenters. The first-order valence-corrected chi connectivity index (χ1v) is 12.4. The number of carbonyl (C=O) groups is 2. The third-order valence-electron chi connectivity index (χ3n) is 7.77. The summed E-state index contributed by atoms with van der Waals surface area (Å²) in [5.74, 6) is -0.252. The number of aromatic nitrogens is 2. The Bertz CT molecular complexity index is 1250. The molecule has 1 aromatic heterocycles. The maximum atomic E-state index is 12.9. The summed E-state index contributed by atoms with van der Waals surface area (Å²) in [6.45, 7) is 0.0553. The van der Waals surface area contributed by atoms with Crippen LogP contribution in [0.15, 0.2) is 30.6 Å². The van der Waals surface area contributed by atoms with Gasteiger partial charge in [0.05, 0.1) is 29.5 Å². The largest absolute Gasteiger partial charge is 0.522 e. The van der Waals surface area contributed by atoms with Crippen LogP contribution in [0.2, 0.25) is 5.02 Å². The number of aliphatic hydroxyl groups excluding tert-OH is 1. The van der Waals surface area contributed by atoms with Crippen LogP contribution in [0.1, 0.15) is 54.1 Å². The lowest BCUT2D eigenvalue weighted by Gasteiger charge is -2.70. The SMILES string of the molecule is O=C(NC12CC(n3cc(C(=O)N4CC[C@H](OC(F)(F)F)C4)cn3)(C1)C2)[C@H]1C[C@H](O)c2cc(Cl)ccc2O1. The van der Waals surface area contributed by atoms with E-state index < -0.39 is 24.7 Å². The van der Waals surface area contributed by atoms with Crippen molar-refractivity contribution in [2.75, 3.05) is 13.1 Å². The second-order valence-corrected chi connectivity index (χ2v) is 10.9. The minimum absolute atomic E-state index is 0.118. The van der Waals surface area contributed by atoms with Gasteiger partial charge in [-0.1, -0.05) is 11.6 Å². The number of alkyl halides is 3. The minimum atomic E-state index is -4.73. The number of amides is 2. The molecule has 2 aromatic rings. The summed E-state index contributed by atoms with van der Waals surface area (Å²) in [6.07, 6.45) is -2.30. The third kappa shape index (κ3) is 4.34. The molecule has 2 aliphatic heterocycles. The van der Waals surface area contributed by atoms with E-state index in [2.05, 4.69) is 15.2 Å². The van der Waals surface area contributed by atoms with Gasteiger partial charge in [0.1, 0.15) is 5.75 Å². The maximum absolute atomic E-state index is 12.9. The third-order valence-corrected chi connectivity index (χ3v) is 8.00. The summed E-state index contributed by atoms with van der Waals surface area (Å²) in [5, 5.41) is 18.3. The van der Waals surface area contributed by atoms with Crippen molar-refractivity contribution in [3.8, 4) is 5.75 Å². The molecule has 3 saturated carbocycles. The summed E-state index contributed by atoms with van der Waals surface area (Å²) in [4.78, 5) is 27.0. The number of aliphatic hydroxyl groups is 1. The smallest absolute Gasteiger partial charge is 0.480 e. The lowest BCUT2D eigenvalue weighted by atomic mass is 9.44. The van der Waals surface area contributed by atoms with Crippen molar-refractivity contribution in [3.63, 3.8) is 0 Å². The van der Waals surface area contributed by atoms with Crippen LogP contribution < -0.4 is 10.1 Å². The highest BCUT2D eigenvalue weighted by atomic mass is 35.5. The molecular weight excluding hydrogens is 517 g/mol. The number of fused-ring (bicyclic) bond motifs is 1. The highest BCUT2D eigenvalue weighted by Gasteiger charge is 2.70. The predicted octanol–water partition coefficient (Wildman–Crippen LogP) is 2.92. The Hall–Kier alpha value is -2.83. The number of benzene rings is 1. The molecule has 4 fully saturated rings. The molecule has 3 heterocycles. The number of nitrogens with zero attached hydrogens (tertiary/aromatic N) is 3. The highest BCUT2D eigenvalue weighted by molar-refractivity contribution is 6.30. The summed E-state index contributed by atoms with van der Waals surface area (Å²) >= 11 is 5.99. The van der Waals surface area contributed by atoms with Gasteiger partial charge in [0.2, 0.25) is 0 Å². The van der Waals surface area contributed by atoms with Gasteiger partial charge in [0.15, 0.2) is 6.10 Å². The van der Waals surface area contributed by atoms with Gasteiger partial charge in [-0.15, -0.1) is 13.2 Å². The molecule has 0 spiro atoms. The summed E-state index contributed by atoms with van der Waals surface area (Å²) in [6, 6.07) is 4.90. The quantitative estimate of drug-likeness (QED) is 0.604. The molecular formula is C24H24ClF3N4O5. The number of halogens is 4. The molecule has 198 valence electrons. The van der Waals surface area contributed by atoms with E-state index in [-0.39, 0.29) is 48.8 Å². The minimum Gasteiger partial charge on any atom is -0.480 e. The average Bonchev–Trinajstić information content (AvgIpc) is 3.44. The van der Waals surface area contributed by atoms with E-state index in [1.54, 1.807) is 29.1 Å². The van der Waals surface area contributed by atoms with Crippen LogP contribution in [0, 0.1) is 0 Å². The molecule has 0 unspecified atom stereocenters. The van der Waals surface area contributed by atoms with Gasteiger partial charge < -0.3 is 20.1 Å². The first kappa shape index (κ1) is 24.5. The summed E-state index contributed by atoms with van der Waals surface area (Å²) < 4.78 is 49.0. The van der Waals surface area contributed by atoms with E-state index in [9.17, 15) is 27.9 Å². The molecule has 2 bridgehead atoms. The standard InChI is InChI=1S/C24H24ClF3N4O5/c25-14-1-2-18-16(5-14)17(33)6-19(36-18)20(34)30-22-10-23(11-22,12-22)32-8-13(7-29-32)21(35)31-4-3-15(9-31)37-24(26,27)28/h1-2,5,7-8,15,17,19,33H,3-4,6,9-12H2,(H,30,34)/t15-,17-,19+,22?,23?/m0/s1. The zero-order valence-electron chi connectivity index (χ0n) is 19.5. The van der Waals surface area contributed by atoms with Crippen molar-refractivity contribution >= 4 is 23.4 Å². The van der Waals surface area contributed by atoms with Gasteiger partial charge in [-0.05, 0) is 43.9 Å². The van der Waals surface area contributed by atoms with Crippen molar-refractivity contribution in [3.05, 3.63) is 46.7 Å². The van der Waals surface area contributed by atoms with Crippen molar-refractivity contribution in [1.82, 2.24) is 20.0 Å². The first-order valence-electron chi connectivity index (χ1n) is 12.0. The molecule has 13 heteroatoms. The summed E-state index contributed by atoms with van der Waals surface area (Å²) in [5.41, 5.74) is 0.162. The second-order valence-electron chi connectivity index (χ2n) is 10.5. The lowest BCUT2D eigenvalue weighted by molar-refractivity contribution is -0.340. The predicted molar refractivity (Wildman–Crippen MR) is 122 cm³/mol. The van der Waals surface area contributed by atoms with Crippen LogP contribution in [0.3, 0.4) is 0 Å². The van der Waals surface area contributed by atoms with Crippen LogP contribution in [0.25, 0.3) is 0 Å². The van der Waals surface area contributed by atoms with Crippen LogP contribution in [-0.4, -0.2) is 68.8 Å². The second kappa shape index (κ2) is 8.34. The van der Waals surface area contributed by atoms with E-state index >= 15 is 0 Å². The van der Waals surface area contributed by atoms with Crippen molar-refractivity contribution in [2.45, 2.75) is 67.9 Å². The number of nitrogens with one attached hydrogen (secondary N) is 1. The van der Waals surface area contributed by atoms with Gasteiger partial charge in [-0.3, -0.25) is 19.0 Å². The Labute approximate surface area is 214 Å². The monoisotopic (exact) mass is 540 g/mol. The van der Waals surface area contributed by atoms with E-state index in [4.69, 9.17) is 16.3 Å². The van der Waals surface area contributed by atoms with E-state index in [1.165, 1.54) is 11.1 Å². The molecule has 1 saturated heterocycles. The summed E-state index contributed by atoms with van der Waals surface area (Å²) in [7, 11) is 0. The zero-order chi connectivity index (χ0) is 26.2. The van der Waals surface area contributed by atoms with Gasteiger partial charge in [0, 0.05) is 41.8 Å². The molecule has 7 rings (SSSR count). The number of hydrogen-bond acceptors (Lipinski definition) is 6. The number of rotatable bonds is 5. The van der Waals surface area contributed by atoms with Crippen LogP contribution in [0.5, 0.6) is 5.75 Å². The molecule has 1 aromatic carbocycles. The highest BCUT2D eigenvalue weighted by Crippen LogP contribution is 2.65. The maximum Gasteiger partial charge on any atom is 0.522 e. The van der Waals surface area contributed by atoms with Gasteiger partial charge >= 0.3 is 6.36 Å². The molecule has 5 aliphatic rings. The fourth-order valence-corrected chi connectivity index (χ4v) is 6.28. The van der Waals surface area contributed by atoms with Crippen molar-refractivity contribution in [1.29, 1.82) is 0 Å². The molecule has 9 nitrogen and oxygen atoms in total.